The Balaban J connectivity index is 2.33. The Morgan fingerprint density at radius 2 is 1.86 bits per heavy atom. The number of hydrogen-bond acceptors (Lipinski definition) is 4. The van der Waals surface area contributed by atoms with E-state index in [1.807, 2.05) is 20.8 Å². The molecule has 0 radical (unpaired) electrons. The molecule has 0 bridgehead atoms. The van der Waals surface area contributed by atoms with Gasteiger partial charge < -0.3 is 10.6 Å². The molecule has 1 heterocycles. The fourth-order valence-electron chi connectivity index (χ4n) is 1.83. The zero-order valence-corrected chi connectivity index (χ0v) is 13.0. The minimum absolute atomic E-state index is 0.195. The molecule has 1 aromatic heterocycles. The smallest absolute Gasteiger partial charge is 0.136 e. The summed E-state index contributed by atoms with van der Waals surface area (Å²) >= 11 is 5.85. The second-order valence-corrected chi connectivity index (χ2v) is 5.40. The first-order valence-electron chi connectivity index (χ1n) is 6.84. The summed E-state index contributed by atoms with van der Waals surface area (Å²) in [5.74, 6) is 1.86. The van der Waals surface area contributed by atoms with Crippen LogP contribution >= 0.6 is 11.6 Å². The van der Waals surface area contributed by atoms with E-state index < -0.39 is 5.82 Å². The molecular weight excluding hydrogens is 291 g/mol. The molecule has 6 heteroatoms. The van der Waals surface area contributed by atoms with E-state index in [9.17, 15) is 4.39 Å². The first kappa shape index (κ1) is 15.5. The van der Waals surface area contributed by atoms with E-state index in [0.29, 0.717) is 16.5 Å². The molecule has 0 saturated carbocycles. The van der Waals surface area contributed by atoms with Crippen LogP contribution in [-0.4, -0.2) is 16.5 Å². The van der Waals surface area contributed by atoms with E-state index in [1.54, 1.807) is 12.1 Å². The van der Waals surface area contributed by atoms with Crippen molar-refractivity contribution in [1.29, 1.82) is 0 Å². The number of benzene rings is 1. The predicted molar refractivity (Wildman–Crippen MR) is 85.0 cm³/mol. The van der Waals surface area contributed by atoms with Crippen LogP contribution in [0.2, 0.25) is 5.02 Å². The average Bonchev–Trinajstić information content (AvgIpc) is 2.37. The predicted octanol–water partition coefficient (Wildman–Crippen LogP) is 4.57. The number of hydrogen-bond donors (Lipinski definition) is 2. The molecule has 0 amide bonds. The van der Waals surface area contributed by atoms with Crippen molar-refractivity contribution in [2.75, 3.05) is 17.2 Å². The maximum absolute atomic E-state index is 13.4. The van der Waals surface area contributed by atoms with E-state index in [1.165, 1.54) is 12.1 Å². The maximum atomic E-state index is 13.4. The Hall–Kier alpha value is -1.88. The van der Waals surface area contributed by atoms with Gasteiger partial charge in [-0.15, -0.1) is 0 Å². The molecule has 0 spiro atoms. The number of rotatable bonds is 5. The fourth-order valence-corrected chi connectivity index (χ4v) is 2.06. The molecule has 0 aliphatic heterocycles. The average molecular weight is 309 g/mol. The quantitative estimate of drug-likeness (QED) is 0.849. The van der Waals surface area contributed by atoms with Gasteiger partial charge in [-0.2, -0.15) is 0 Å². The summed E-state index contributed by atoms with van der Waals surface area (Å²) < 4.78 is 13.4. The number of halogens is 2. The van der Waals surface area contributed by atoms with Gasteiger partial charge in [0.2, 0.25) is 0 Å². The molecule has 0 aliphatic rings. The molecule has 21 heavy (non-hydrogen) atoms. The molecule has 1 aromatic carbocycles. The topological polar surface area (TPSA) is 49.8 Å². The molecule has 0 fully saturated rings. The molecule has 2 N–H and O–H groups in total. The summed E-state index contributed by atoms with van der Waals surface area (Å²) in [6.45, 7) is 6.80. The third kappa shape index (κ3) is 4.29. The van der Waals surface area contributed by atoms with Crippen molar-refractivity contribution in [2.24, 2.45) is 0 Å². The lowest BCUT2D eigenvalue weighted by Gasteiger charge is -2.12. The van der Waals surface area contributed by atoms with Gasteiger partial charge in [0, 0.05) is 29.2 Å². The van der Waals surface area contributed by atoms with E-state index in [0.717, 1.165) is 18.2 Å². The molecular formula is C15H18ClFN4. The van der Waals surface area contributed by atoms with Crippen molar-refractivity contribution in [3.63, 3.8) is 0 Å². The van der Waals surface area contributed by atoms with E-state index >= 15 is 0 Å². The van der Waals surface area contributed by atoms with Gasteiger partial charge >= 0.3 is 0 Å². The summed E-state index contributed by atoms with van der Waals surface area (Å²) in [5, 5.41) is 6.56. The van der Waals surface area contributed by atoms with Gasteiger partial charge in [0.25, 0.3) is 0 Å². The second kappa shape index (κ2) is 6.72. The Morgan fingerprint density at radius 1 is 1.14 bits per heavy atom. The van der Waals surface area contributed by atoms with Crippen LogP contribution in [0.4, 0.5) is 21.7 Å². The Kier molecular flexibility index (Phi) is 4.96. The minimum atomic E-state index is -0.393. The van der Waals surface area contributed by atoms with E-state index in [4.69, 9.17) is 11.6 Å². The molecule has 2 aromatic rings. The SMILES string of the molecule is CCNc1cc(Nc2cc(F)cc(Cl)c2)nc(C(C)C)n1. The summed E-state index contributed by atoms with van der Waals surface area (Å²) in [7, 11) is 0. The monoisotopic (exact) mass is 308 g/mol. The number of nitrogens with one attached hydrogen (secondary N) is 2. The lowest BCUT2D eigenvalue weighted by atomic mass is 10.2. The van der Waals surface area contributed by atoms with Crippen LogP contribution in [0.5, 0.6) is 0 Å². The third-order valence-electron chi connectivity index (χ3n) is 2.75. The van der Waals surface area contributed by atoms with Crippen molar-refractivity contribution in [3.05, 3.63) is 40.9 Å². The van der Waals surface area contributed by atoms with Gasteiger partial charge in [0.15, 0.2) is 0 Å². The minimum Gasteiger partial charge on any atom is -0.370 e. The van der Waals surface area contributed by atoms with Crippen LogP contribution in [0.3, 0.4) is 0 Å². The van der Waals surface area contributed by atoms with Gasteiger partial charge in [0.05, 0.1) is 0 Å². The molecule has 4 nitrogen and oxygen atoms in total. The van der Waals surface area contributed by atoms with Crippen LogP contribution < -0.4 is 10.6 Å². The summed E-state index contributed by atoms with van der Waals surface area (Å²) in [5.41, 5.74) is 0.552. The first-order valence-corrected chi connectivity index (χ1v) is 7.21. The lowest BCUT2D eigenvalue weighted by Crippen LogP contribution is -2.07. The van der Waals surface area contributed by atoms with Crippen molar-refractivity contribution < 1.29 is 4.39 Å². The van der Waals surface area contributed by atoms with E-state index in [-0.39, 0.29) is 5.92 Å². The molecule has 0 atom stereocenters. The van der Waals surface area contributed by atoms with Crippen molar-refractivity contribution in [2.45, 2.75) is 26.7 Å². The standard InChI is InChI=1S/C15H18ClFN4/c1-4-18-13-8-14(21-15(20-13)9(2)3)19-12-6-10(16)5-11(17)7-12/h5-9H,4H2,1-3H3,(H2,18,19,20,21). The highest BCUT2D eigenvalue weighted by Gasteiger charge is 2.09. The highest BCUT2D eigenvalue weighted by molar-refractivity contribution is 6.30. The first-order chi connectivity index (χ1) is 9.97. The highest BCUT2D eigenvalue weighted by Crippen LogP contribution is 2.23. The molecule has 112 valence electrons. The maximum Gasteiger partial charge on any atom is 0.136 e. The van der Waals surface area contributed by atoms with Crippen LogP contribution in [0.1, 0.15) is 32.5 Å². The number of anilines is 3. The van der Waals surface area contributed by atoms with Crippen LogP contribution in [0.25, 0.3) is 0 Å². The summed E-state index contributed by atoms with van der Waals surface area (Å²) in [4.78, 5) is 8.88. The van der Waals surface area contributed by atoms with Crippen molar-refractivity contribution >= 4 is 28.9 Å². The normalized spacial score (nSPS) is 10.8. The number of nitrogens with zero attached hydrogens (tertiary/aromatic N) is 2. The summed E-state index contributed by atoms with van der Waals surface area (Å²) in [6.07, 6.45) is 0. The van der Waals surface area contributed by atoms with E-state index in [2.05, 4.69) is 20.6 Å². The van der Waals surface area contributed by atoms with Crippen LogP contribution in [0, 0.1) is 5.82 Å². The second-order valence-electron chi connectivity index (χ2n) is 4.96. The Bertz CT molecular complexity index is 611. The highest BCUT2D eigenvalue weighted by atomic mass is 35.5. The summed E-state index contributed by atoms with van der Waals surface area (Å²) in [6, 6.07) is 6.06. The molecule has 0 aliphatic carbocycles. The number of aromatic nitrogens is 2. The van der Waals surface area contributed by atoms with Gasteiger partial charge in [-0.1, -0.05) is 25.4 Å². The Morgan fingerprint density at radius 3 is 2.48 bits per heavy atom. The molecule has 2 rings (SSSR count). The lowest BCUT2D eigenvalue weighted by molar-refractivity contribution is 0.628. The third-order valence-corrected chi connectivity index (χ3v) is 2.97. The van der Waals surface area contributed by atoms with Gasteiger partial charge in [-0.3, -0.25) is 0 Å². The largest absolute Gasteiger partial charge is 0.370 e. The fraction of sp³-hybridized carbons (Fsp3) is 0.333. The van der Waals surface area contributed by atoms with Crippen molar-refractivity contribution in [1.82, 2.24) is 9.97 Å². The van der Waals surface area contributed by atoms with Gasteiger partial charge in [0.1, 0.15) is 23.3 Å². The zero-order chi connectivity index (χ0) is 15.4. The van der Waals surface area contributed by atoms with Gasteiger partial charge in [-0.25, -0.2) is 14.4 Å². The molecule has 0 saturated heterocycles. The van der Waals surface area contributed by atoms with Gasteiger partial charge in [-0.05, 0) is 25.1 Å². The van der Waals surface area contributed by atoms with Crippen LogP contribution in [0.15, 0.2) is 24.3 Å². The van der Waals surface area contributed by atoms with Crippen LogP contribution in [-0.2, 0) is 0 Å². The Labute approximate surface area is 128 Å². The van der Waals surface area contributed by atoms with Crippen molar-refractivity contribution in [3.8, 4) is 0 Å². The molecule has 0 unspecified atom stereocenters. The zero-order valence-electron chi connectivity index (χ0n) is 12.2.